The molecule has 1 rings (SSSR count). The second-order valence-electron chi connectivity index (χ2n) is 2.30. The number of anilines is 1. The number of hydrogen-bond acceptors (Lipinski definition) is 4. The van der Waals surface area contributed by atoms with E-state index in [0.717, 1.165) is 6.07 Å². The Kier molecular flexibility index (Phi) is 2.79. The number of carbonyl (C=O) groups excluding carboxylic acids is 1. The van der Waals surface area contributed by atoms with Crippen LogP contribution in [-0.4, -0.2) is 25.1 Å². The Morgan fingerprint density at radius 1 is 1.69 bits per heavy atom. The van der Waals surface area contributed by atoms with Gasteiger partial charge in [-0.15, -0.1) is 0 Å². The first kappa shape index (κ1) is 9.44. The van der Waals surface area contributed by atoms with Gasteiger partial charge in [0.1, 0.15) is 0 Å². The van der Waals surface area contributed by atoms with Gasteiger partial charge in [-0.3, -0.25) is 0 Å². The highest BCUT2D eigenvalue weighted by Crippen LogP contribution is 2.11. The zero-order valence-corrected chi connectivity index (χ0v) is 7.30. The van der Waals surface area contributed by atoms with E-state index in [4.69, 9.17) is 0 Å². The van der Waals surface area contributed by atoms with Crippen LogP contribution >= 0.6 is 0 Å². The highest BCUT2D eigenvalue weighted by Gasteiger charge is 2.09. The number of hydrogen-bond donors (Lipinski definition) is 1. The molecule has 1 heterocycles. The molecule has 5 heteroatoms. The number of ether oxygens (including phenoxy) is 1. The largest absolute Gasteiger partial charge is 0.465 e. The lowest BCUT2D eigenvalue weighted by molar-refractivity contribution is 0.0599. The molecule has 0 saturated carbocycles. The molecule has 0 unspecified atom stereocenters. The average molecular weight is 184 g/mol. The number of rotatable bonds is 2. The summed E-state index contributed by atoms with van der Waals surface area (Å²) in [4.78, 5) is 14.6. The smallest absolute Gasteiger partial charge is 0.339 e. The first-order valence-corrected chi connectivity index (χ1v) is 3.60. The van der Waals surface area contributed by atoms with Gasteiger partial charge >= 0.3 is 5.97 Å². The van der Waals surface area contributed by atoms with Crippen molar-refractivity contribution in [2.75, 3.05) is 19.5 Å². The highest BCUT2D eigenvalue weighted by molar-refractivity contribution is 5.89. The van der Waals surface area contributed by atoms with Crippen LogP contribution in [0.2, 0.25) is 0 Å². The molecule has 0 radical (unpaired) electrons. The van der Waals surface area contributed by atoms with Crippen LogP contribution in [0.1, 0.15) is 10.4 Å². The minimum atomic E-state index is -0.603. The van der Waals surface area contributed by atoms with Gasteiger partial charge < -0.3 is 10.1 Å². The predicted molar refractivity (Wildman–Crippen MR) is 45.1 cm³/mol. The summed E-state index contributed by atoms with van der Waals surface area (Å²) in [6.45, 7) is 0. The van der Waals surface area contributed by atoms with Gasteiger partial charge in [0.05, 0.1) is 12.7 Å². The molecule has 1 N–H and O–H groups in total. The standard InChI is InChI=1S/C8H9FN2O2/c1-10-7-6(9)3-5(4-11-7)8(12)13-2/h3-4H,1-2H3,(H,10,11). The molecule has 4 nitrogen and oxygen atoms in total. The molecular formula is C8H9FN2O2. The van der Waals surface area contributed by atoms with Crippen LogP contribution in [0.5, 0.6) is 0 Å². The van der Waals surface area contributed by atoms with E-state index < -0.39 is 11.8 Å². The van der Waals surface area contributed by atoms with Crippen molar-refractivity contribution >= 4 is 11.8 Å². The molecule has 0 atom stereocenters. The van der Waals surface area contributed by atoms with Gasteiger partial charge in [-0.1, -0.05) is 0 Å². The van der Waals surface area contributed by atoms with Crippen molar-refractivity contribution in [3.8, 4) is 0 Å². The minimum absolute atomic E-state index is 0.0963. The second-order valence-corrected chi connectivity index (χ2v) is 2.30. The molecule has 0 fully saturated rings. The molecule has 1 aromatic heterocycles. The molecule has 0 aliphatic heterocycles. The Hall–Kier alpha value is -1.65. The van der Waals surface area contributed by atoms with Gasteiger partial charge in [0.15, 0.2) is 11.6 Å². The van der Waals surface area contributed by atoms with Crippen LogP contribution in [-0.2, 0) is 4.74 Å². The second kappa shape index (κ2) is 3.84. The fraction of sp³-hybridized carbons (Fsp3) is 0.250. The van der Waals surface area contributed by atoms with Gasteiger partial charge in [0.25, 0.3) is 0 Å². The quantitative estimate of drug-likeness (QED) is 0.698. The lowest BCUT2D eigenvalue weighted by atomic mass is 10.3. The van der Waals surface area contributed by atoms with Crippen LogP contribution < -0.4 is 5.32 Å². The Bertz CT molecular complexity index is 328. The number of aromatic nitrogens is 1. The maximum absolute atomic E-state index is 13.0. The Morgan fingerprint density at radius 2 is 2.38 bits per heavy atom. The summed E-state index contributed by atoms with van der Waals surface area (Å²) < 4.78 is 17.4. The number of halogens is 1. The predicted octanol–water partition coefficient (Wildman–Crippen LogP) is 1.05. The third-order valence-electron chi connectivity index (χ3n) is 1.50. The monoisotopic (exact) mass is 184 g/mol. The lowest BCUT2D eigenvalue weighted by Gasteiger charge is -2.02. The first-order chi connectivity index (χ1) is 6.19. The van der Waals surface area contributed by atoms with Crippen molar-refractivity contribution < 1.29 is 13.9 Å². The molecule has 0 aliphatic carbocycles. The van der Waals surface area contributed by atoms with Crippen molar-refractivity contribution in [2.24, 2.45) is 0 Å². The van der Waals surface area contributed by atoms with Crippen LogP contribution in [0, 0.1) is 5.82 Å². The highest BCUT2D eigenvalue weighted by atomic mass is 19.1. The van der Waals surface area contributed by atoms with Gasteiger partial charge in [-0.25, -0.2) is 14.2 Å². The summed E-state index contributed by atoms with van der Waals surface area (Å²) in [5.74, 6) is -1.08. The molecule has 0 aromatic carbocycles. The normalized spacial score (nSPS) is 9.46. The summed E-state index contributed by atoms with van der Waals surface area (Å²) in [5.41, 5.74) is 0.0963. The zero-order valence-electron chi connectivity index (χ0n) is 7.30. The number of nitrogens with one attached hydrogen (secondary N) is 1. The summed E-state index contributed by atoms with van der Waals surface area (Å²) >= 11 is 0. The zero-order chi connectivity index (χ0) is 9.84. The van der Waals surface area contributed by atoms with E-state index in [9.17, 15) is 9.18 Å². The maximum Gasteiger partial charge on any atom is 0.339 e. The van der Waals surface area contributed by atoms with E-state index in [1.54, 1.807) is 7.05 Å². The number of methoxy groups -OCH3 is 1. The van der Waals surface area contributed by atoms with Gasteiger partial charge in [-0.2, -0.15) is 0 Å². The van der Waals surface area contributed by atoms with Crippen LogP contribution in [0.15, 0.2) is 12.3 Å². The Morgan fingerprint density at radius 3 is 2.85 bits per heavy atom. The van der Waals surface area contributed by atoms with E-state index in [2.05, 4.69) is 15.0 Å². The van der Waals surface area contributed by atoms with Crippen LogP contribution in [0.4, 0.5) is 10.2 Å². The number of carbonyl (C=O) groups is 1. The third-order valence-corrected chi connectivity index (χ3v) is 1.50. The van der Waals surface area contributed by atoms with Crippen molar-refractivity contribution in [3.05, 3.63) is 23.6 Å². The van der Waals surface area contributed by atoms with Crippen molar-refractivity contribution in [1.29, 1.82) is 0 Å². The third kappa shape index (κ3) is 1.93. The van der Waals surface area contributed by atoms with E-state index in [1.807, 2.05) is 0 Å². The van der Waals surface area contributed by atoms with Crippen LogP contribution in [0.3, 0.4) is 0 Å². The number of pyridine rings is 1. The first-order valence-electron chi connectivity index (χ1n) is 3.60. The molecule has 0 spiro atoms. The fourth-order valence-electron chi connectivity index (χ4n) is 0.851. The van der Waals surface area contributed by atoms with E-state index in [-0.39, 0.29) is 11.4 Å². The molecular weight excluding hydrogens is 175 g/mol. The molecule has 0 bridgehead atoms. The average Bonchev–Trinajstić information content (AvgIpc) is 2.16. The summed E-state index contributed by atoms with van der Waals surface area (Å²) in [5, 5.41) is 2.54. The van der Waals surface area contributed by atoms with Gasteiger partial charge in [0, 0.05) is 13.2 Å². The Balaban J connectivity index is 3.02. The molecule has 1 aromatic rings. The SMILES string of the molecule is CNc1ncc(C(=O)OC)cc1F. The molecule has 0 saturated heterocycles. The lowest BCUT2D eigenvalue weighted by Crippen LogP contribution is -2.04. The van der Waals surface area contributed by atoms with E-state index in [0.29, 0.717) is 0 Å². The molecule has 0 aliphatic rings. The van der Waals surface area contributed by atoms with Gasteiger partial charge in [0.2, 0.25) is 0 Å². The minimum Gasteiger partial charge on any atom is -0.465 e. The summed E-state index contributed by atoms with van der Waals surface area (Å²) in [6.07, 6.45) is 1.25. The van der Waals surface area contributed by atoms with Crippen molar-refractivity contribution in [2.45, 2.75) is 0 Å². The molecule has 13 heavy (non-hydrogen) atoms. The summed E-state index contributed by atoms with van der Waals surface area (Å²) in [7, 11) is 2.77. The Labute approximate surface area is 74.7 Å². The van der Waals surface area contributed by atoms with E-state index >= 15 is 0 Å². The van der Waals surface area contributed by atoms with Crippen molar-refractivity contribution in [1.82, 2.24) is 4.98 Å². The fourth-order valence-corrected chi connectivity index (χ4v) is 0.851. The number of nitrogens with zero attached hydrogens (tertiary/aromatic N) is 1. The van der Waals surface area contributed by atoms with E-state index in [1.165, 1.54) is 13.3 Å². The van der Waals surface area contributed by atoms with Gasteiger partial charge in [-0.05, 0) is 6.07 Å². The number of esters is 1. The summed E-state index contributed by atoms with van der Waals surface area (Å²) in [6, 6.07) is 1.07. The molecule has 0 amide bonds. The molecule has 70 valence electrons. The van der Waals surface area contributed by atoms with Crippen molar-refractivity contribution in [3.63, 3.8) is 0 Å². The maximum atomic E-state index is 13.0. The van der Waals surface area contributed by atoms with Crippen LogP contribution in [0.25, 0.3) is 0 Å². The topological polar surface area (TPSA) is 51.2 Å².